The molecule has 110 valence electrons. The van der Waals surface area contributed by atoms with E-state index in [9.17, 15) is 9.90 Å². The summed E-state index contributed by atoms with van der Waals surface area (Å²) in [5.41, 5.74) is 2.51. The van der Waals surface area contributed by atoms with Gasteiger partial charge in [-0.3, -0.25) is 4.79 Å². The fraction of sp³-hybridized carbons (Fsp3) is 0.235. The molecule has 0 saturated heterocycles. The van der Waals surface area contributed by atoms with Crippen LogP contribution in [0, 0.1) is 0 Å². The largest absolute Gasteiger partial charge is 0.508 e. The monoisotopic (exact) mass is 284 g/mol. The number of aromatic hydroxyl groups is 1. The highest BCUT2D eigenvalue weighted by molar-refractivity contribution is 5.94. The van der Waals surface area contributed by atoms with Crippen LogP contribution in [0.4, 0.5) is 5.69 Å². The van der Waals surface area contributed by atoms with Crippen molar-refractivity contribution in [3.05, 3.63) is 59.7 Å². The van der Waals surface area contributed by atoms with Gasteiger partial charge in [0.1, 0.15) is 5.75 Å². The Morgan fingerprint density at radius 3 is 2.62 bits per heavy atom. The molecule has 2 aromatic rings. The Balaban J connectivity index is 1.98. The summed E-state index contributed by atoms with van der Waals surface area (Å²) < 4.78 is 0. The Labute approximate surface area is 124 Å². The maximum Gasteiger partial charge on any atom is 0.251 e. The van der Waals surface area contributed by atoms with Crippen LogP contribution in [-0.2, 0) is 6.54 Å². The highest BCUT2D eigenvalue weighted by Crippen LogP contribution is 2.13. The van der Waals surface area contributed by atoms with E-state index in [1.54, 1.807) is 12.1 Å². The Bertz CT molecular complexity index is 624. The van der Waals surface area contributed by atoms with E-state index in [1.807, 2.05) is 24.3 Å². The van der Waals surface area contributed by atoms with Crippen LogP contribution in [-0.4, -0.2) is 17.1 Å². The molecule has 4 heteroatoms. The first-order valence-electron chi connectivity index (χ1n) is 6.97. The van der Waals surface area contributed by atoms with E-state index >= 15 is 0 Å². The first kappa shape index (κ1) is 14.9. The van der Waals surface area contributed by atoms with Gasteiger partial charge in [0.15, 0.2) is 0 Å². The maximum absolute atomic E-state index is 12.0. The molecule has 0 fully saturated rings. The number of carbonyl (C=O) groups is 1. The van der Waals surface area contributed by atoms with Gasteiger partial charge in [0.2, 0.25) is 0 Å². The van der Waals surface area contributed by atoms with E-state index in [-0.39, 0.29) is 11.7 Å². The number of benzene rings is 2. The lowest BCUT2D eigenvalue weighted by atomic mass is 10.1. The molecular formula is C17H20N2O2. The third-order valence-corrected chi connectivity index (χ3v) is 2.94. The Hall–Kier alpha value is -2.49. The molecule has 0 aliphatic carbocycles. The van der Waals surface area contributed by atoms with Gasteiger partial charge in [-0.2, -0.15) is 0 Å². The Morgan fingerprint density at radius 1 is 1.14 bits per heavy atom. The molecule has 0 atom stereocenters. The smallest absolute Gasteiger partial charge is 0.251 e. The first-order valence-corrected chi connectivity index (χ1v) is 6.97. The lowest BCUT2D eigenvalue weighted by Crippen LogP contribution is -2.22. The molecule has 0 aliphatic heterocycles. The fourth-order valence-corrected chi connectivity index (χ4v) is 2.04. The fourth-order valence-electron chi connectivity index (χ4n) is 2.04. The average Bonchev–Trinajstić information content (AvgIpc) is 2.44. The molecule has 0 aromatic heterocycles. The molecule has 21 heavy (non-hydrogen) atoms. The van der Waals surface area contributed by atoms with Crippen LogP contribution < -0.4 is 10.6 Å². The van der Waals surface area contributed by atoms with Crippen molar-refractivity contribution in [2.45, 2.75) is 26.4 Å². The molecule has 1 amide bonds. The first-order chi connectivity index (χ1) is 10.0. The van der Waals surface area contributed by atoms with Crippen LogP contribution in [0.5, 0.6) is 5.75 Å². The summed E-state index contributed by atoms with van der Waals surface area (Å²) in [4.78, 5) is 12.0. The van der Waals surface area contributed by atoms with Crippen molar-refractivity contribution in [2.75, 3.05) is 5.32 Å². The lowest BCUT2D eigenvalue weighted by Gasteiger charge is -2.12. The van der Waals surface area contributed by atoms with Crippen LogP contribution in [0.15, 0.2) is 48.5 Å². The molecule has 2 rings (SSSR count). The number of carbonyl (C=O) groups excluding carboxylic acids is 1. The molecular weight excluding hydrogens is 264 g/mol. The zero-order valence-electron chi connectivity index (χ0n) is 12.3. The van der Waals surface area contributed by atoms with Gasteiger partial charge in [0.25, 0.3) is 5.91 Å². The molecule has 0 aliphatic rings. The van der Waals surface area contributed by atoms with E-state index in [2.05, 4.69) is 24.5 Å². The number of nitrogens with one attached hydrogen (secondary N) is 2. The third kappa shape index (κ3) is 4.53. The van der Waals surface area contributed by atoms with E-state index in [0.717, 1.165) is 11.3 Å². The summed E-state index contributed by atoms with van der Waals surface area (Å²) in [7, 11) is 0. The minimum absolute atomic E-state index is 0.0887. The summed E-state index contributed by atoms with van der Waals surface area (Å²) in [6.07, 6.45) is 0. The van der Waals surface area contributed by atoms with Gasteiger partial charge in [0.05, 0.1) is 0 Å². The van der Waals surface area contributed by atoms with Gasteiger partial charge in [-0.05, 0) is 49.7 Å². The number of anilines is 1. The molecule has 0 heterocycles. The van der Waals surface area contributed by atoms with Crippen LogP contribution in [0.25, 0.3) is 0 Å². The minimum Gasteiger partial charge on any atom is -0.508 e. The third-order valence-electron chi connectivity index (χ3n) is 2.94. The predicted octanol–water partition coefficient (Wildman–Crippen LogP) is 3.14. The molecule has 4 nitrogen and oxygen atoms in total. The molecule has 0 saturated carbocycles. The van der Waals surface area contributed by atoms with Crippen LogP contribution in [0.3, 0.4) is 0 Å². The predicted molar refractivity (Wildman–Crippen MR) is 84.5 cm³/mol. The van der Waals surface area contributed by atoms with Crippen molar-refractivity contribution in [1.82, 2.24) is 5.32 Å². The van der Waals surface area contributed by atoms with Gasteiger partial charge < -0.3 is 15.7 Å². The standard InChI is InChI=1S/C17H20N2O2/c1-12(2)19-15-7-3-5-13(9-15)11-18-17(21)14-6-4-8-16(20)10-14/h3-10,12,19-20H,11H2,1-2H3,(H,18,21). The van der Waals surface area contributed by atoms with Crippen molar-refractivity contribution in [3.8, 4) is 5.75 Å². The number of phenolic OH excluding ortho intramolecular Hbond substituents is 1. The molecule has 0 spiro atoms. The van der Waals surface area contributed by atoms with Gasteiger partial charge >= 0.3 is 0 Å². The van der Waals surface area contributed by atoms with Gasteiger partial charge in [-0.15, -0.1) is 0 Å². The second-order valence-corrected chi connectivity index (χ2v) is 5.23. The summed E-state index contributed by atoms with van der Waals surface area (Å²) in [6.45, 7) is 4.61. The minimum atomic E-state index is -0.201. The average molecular weight is 284 g/mol. The highest BCUT2D eigenvalue weighted by atomic mass is 16.3. The molecule has 0 unspecified atom stereocenters. The van der Waals surface area contributed by atoms with Crippen molar-refractivity contribution < 1.29 is 9.90 Å². The SMILES string of the molecule is CC(C)Nc1cccc(CNC(=O)c2cccc(O)c2)c1. The van der Waals surface area contributed by atoms with Crippen LogP contribution >= 0.6 is 0 Å². The number of amides is 1. The van der Waals surface area contributed by atoms with E-state index in [1.165, 1.54) is 12.1 Å². The Kier molecular flexibility index (Phi) is 4.82. The highest BCUT2D eigenvalue weighted by Gasteiger charge is 2.06. The van der Waals surface area contributed by atoms with Crippen molar-refractivity contribution in [2.24, 2.45) is 0 Å². The van der Waals surface area contributed by atoms with Gasteiger partial charge in [-0.25, -0.2) is 0 Å². The second kappa shape index (κ2) is 6.79. The zero-order valence-corrected chi connectivity index (χ0v) is 12.3. The summed E-state index contributed by atoms with van der Waals surface area (Å²) >= 11 is 0. The number of rotatable bonds is 5. The van der Waals surface area contributed by atoms with Crippen molar-refractivity contribution >= 4 is 11.6 Å². The van der Waals surface area contributed by atoms with Crippen LogP contribution in [0.2, 0.25) is 0 Å². The van der Waals surface area contributed by atoms with Gasteiger partial charge in [-0.1, -0.05) is 18.2 Å². The van der Waals surface area contributed by atoms with E-state index in [0.29, 0.717) is 18.2 Å². The summed E-state index contributed by atoms with van der Waals surface area (Å²) in [5, 5.41) is 15.6. The zero-order chi connectivity index (χ0) is 15.2. The molecule has 2 aromatic carbocycles. The van der Waals surface area contributed by atoms with Crippen molar-refractivity contribution in [1.29, 1.82) is 0 Å². The lowest BCUT2D eigenvalue weighted by molar-refractivity contribution is 0.0950. The van der Waals surface area contributed by atoms with E-state index < -0.39 is 0 Å². The van der Waals surface area contributed by atoms with Crippen LogP contribution in [0.1, 0.15) is 29.8 Å². The van der Waals surface area contributed by atoms with E-state index in [4.69, 9.17) is 0 Å². The normalized spacial score (nSPS) is 10.4. The maximum atomic E-state index is 12.0. The van der Waals surface area contributed by atoms with Gasteiger partial charge in [0, 0.05) is 23.8 Å². The molecule has 0 bridgehead atoms. The number of hydrogen-bond donors (Lipinski definition) is 3. The number of hydrogen-bond acceptors (Lipinski definition) is 3. The molecule has 0 radical (unpaired) electrons. The second-order valence-electron chi connectivity index (χ2n) is 5.23. The summed E-state index contributed by atoms with van der Waals surface area (Å²) in [5.74, 6) is -0.112. The quantitative estimate of drug-likeness (QED) is 0.790. The van der Waals surface area contributed by atoms with Crippen molar-refractivity contribution in [3.63, 3.8) is 0 Å². The Morgan fingerprint density at radius 2 is 1.90 bits per heavy atom. The topological polar surface area (TPSA) is 61.4 Å². The summed E-state index contributed by atoms with van der Waals surface area (Å²) in [6, 6.07) is 14.6. The number of phenols is 1. The molecule has 3 N–H and O–H groups in total.